The van der Waals surface area contributed by atoms with Gasteiger partial charge in [-0.15, -0.1) is 0 Å². The fourth-order valence-electron chi connectivity index (χ4n) is 2.05. The predicted octanol–water partition coefficient (Wildman–Crippen LogP) is 3.87. The van der Waals surface area contributed by atoms with E-state index in [0.29, 0.717) is 0 Å². The molecule has 0 aliphatic heterocycles. The predicted molar refractivity (Wildman–Crippen MR) is 79.7 cm³/mol. The van der Waals surface area contributed by atoms with Crippen molar-refractivity contribution < 1.29 is 5.11 Å². The van der Waals surface area contributed by atoms with Crippen LogP contribution in [0.25, 0.3) is 10.8 Å². The van der Waals surface area contributed by atoms with Crippen LogP contribution < -0.4 is 11.1 Å². The van der Waals surface area contributed by atoms with E-state index in [2.05, 4.69) is 11.4 Å². The number of nitrogens with one attached hydrogen (secondary N) is 1. The highest BCUT2D eigenvalue weighted by Crippen LogP contribution is 2.24. The largest absolute Gasteiger partial charge is 0.508 e. The molecule has 0 bridgehead atoms. The molecule has 3 aromatic carbocycles. The van der Waals surface area contributed by atoms with Gasteiger partial charge in [-0.1, -0.05) is 12.1 Å². The van der Waals surface area contributed by atoms with Crippen LogP contribution in [0.1, 0.15) is 0 Å². The molecule has 0 fully saturated rings. The number of phenols is 1. The molecule has 3 aromatic rings. The lowest BCUT2D eigenvalue weighted by Crippen LogP contribution is -1.90. The molecule has 94 valence electrons. The van der Waals surface area contributed by atoms with Gasteiger partial charge >= 0.3 is 0 Å². The van der Waals surface area contributed by atoms with Crippen LogP contribution in [-0.2, 0) is 0 Å². The summed E-state index contributed by atoms with van der Waals surface area (Å²) in [5.41, 5.74) is 8.47. The van der Waals surface area contributed by atoms with Crippen molar-refractivity contribution in [1.29, 1.82) is 0 Å². The molecule has 3 heteroatoms. The van der Waals surface area contributed by atoms with E-state index in [4.69, 9.17) is 5.73 Å². The van der Waals surface area contributed by atoms with E-state index in [-0.39, 0.29) is 5.75 Å². The number of phenolic OH excluding ortho intramolecular Hbond substituents is 1. The number of hydrogen-bond acceptors (Lipinski definition) is 3. The van der Waals surface area contributed by atoms with Crippen LogP contribution in [-0.4, -0.2) is 5.11 Å². The Bertz CT molecular complexity index is 720. The van der Waals surface area contributed by atoms with E-state index < -0.39 is 0 Å². The van der Waals surface area contributed by atoms with Crippen LogP contribution >= 0.6 is 0 Å². The van der Waals surface area contributed by atoms with E-state index >= 15 is 0 Å². The van der Waals surface area contributed by atoms with Crippen molar-refractivity contribution in [1.82, 2.24) is 0 Å². The first kappa shape index (κ1) is 11.4. The van der Waals surface area contributed by atoms with E-state index in [1.807, 2.05) is 42.5 Å². The summed E-state index contributed by atoms with van der Waals surface area (Å²) in [7, 11) is 0. The third-order valence-electron chi connectivity index (χ3n) is 3.02. The Kier molecular flexibility index (Phi) is 2.72. The molecule has 0 atom stereocenters. The van der Waals surface area contributed by atoms with Gasteiger partial charge in [0.25, 0.3) is 0 Å². The molecule has 4 N–H and O–H groups in total. The zero-order chi connectivity index (χ0) is 13.2. The van der Waals surface area contributed by atoms with Gasteiger partial charge in [0.15, 0.2) is 0 Å². The quantitative estimate of drug-likeness (QED) is 0.478. The molecular formula is C16H14N2O. The molecule has 0 saturated heterocycles. The molecule has 0 unspecified atom stereocenters. The van der Waals surface area contributed by atoms with Crippen molar-refractivity contribution in [2.75, 3.05) is 11.1 Å². The lowest BCUT2D eigenvalue weighted by Gasteiger charge is -2.08. The van der Waals surface area contributed by atoms with Crippen molar-refractivity contribution in [3.05, 3.63) is 60.7 Å². The Labute approximate surface area is 111 Å². The molecule has 0 aliphatic carbocycles. The van der Waals surface area contributed by atoms with Crippen LogP contribution in [0.5, 0.6) is 5.75 Å². The van der Waals surface area contributed by atoms with E-state index in [1.165, 1.54) is 0 Å². The molecule has 0 radical (unpaired) electrons. The summed E-state index contributed by atoms with van der Waals surface area (Å²) in [6.45, 7) is 0. The van der Waals surface area contributed by atoms with Crippen LogP contribution in [0.15, 0.2) is 60.7 Å². The average Bonchev–Trinajstić information content (AvgIpc) is 2.42. The molecule has 0 saturated carbocycles. The molecule has 0 aliphatic rings. The first-order valence-electron chi connectivity index (χ1n) is 6.06. The van der Waals surface area contributed by atoms with Crippen LogP contribution in [0.2, 0.25) is 0 Å². The van der Waals surface area contributed by atoms with Gasteiger partial charge in [-0.25, -0.2) is 0 Å². The lowest BCUT2D eigenvalue weighted by atomic mass is 10.1. The fourth-order valence-corrected chi connectivity index (χ4v) is 2.05. The molecular weight excluding hydrogens is 236 g/mol. The Morgan fingerprint density at radius 1 is 0.737 bits per heavy atom. The van der Waals surface area contributed by atoms with Gasteiger partial charge in [-0.3, -0.25) is 0 Å². The second-order valence-corrected chi connectivity index (χ2v) is 4.49. The van der Waals surface area contributed by atoms with Crippen molar-refractivity contribution in [3.63, 3.8) is 0 Å². The second-order valence-electron chi connectivity index (χ2n) is 4.49. The topological polar surface area (TPSA) is 58.3 Å². The second kappa shape index (κ2) is 4.53. The summed E-state index contributed by atoms with van der Waals surface area (Å²) in [5.74, 6) is 0.263. The Hall–Kier alpha value is -2.68. The third-order valence-corrected chi connectivity index (χ3v) is 3.02. The molecule has 0 amide bonds. The van der Waals surface area contributed by atoms with Gasteiger partial charge in [0.1, 0.15) is 5.75 Å². The summed E-state index contributed by atoms with van der Waals surface area (Å²) in [4.78, 5) is 0. The first-order valence-corrected chi connectivity index (χ1v) is 6.06. The number of benzene rings is 3. The number of nitrogen functional groups attached to an aromatic ring is 1. The number of anilines is 3. The zero-order valence-electron chi connectivity index (χ0n) is 10.3. The molecule has 3 rings (SSSR count). The van der Waals surface area contributed by atoms with Crippen molar-refractivity contribution in [2.24, 2.45) is 0 Å². The van der Waals surface area contributed by atoms with E-state index in [9.17, 15) is 5.11 Å². The van der Waals surface area contributed by atoms with Crippen molar-refractivity contribution in [3.8, 4) is 5.75 Å². The lowest BCUT2D eigenvalue weighted by molar-refractivity contribution is 0.475. The maximum atomic E-state index is 9.25. The molecule has 0 aromatic heterocycles. The summed E-state index contributed by atoms with van der Waals surface area (Å²) < 4.78 is 0. The van der Waals surface area contributed by atoms with Gasteiger partial charge in [0.05, 0.1) is 0 Å². The van der Waals surface area contributed by atoms with Gasteiger partial charge in [0.2, 0.25) is 0 Å². The Balaban J connectivity index is 1.93. The first-order chi connectivity index (χ1) is 9.20. The highest BCUT2D eigenvalue weighted by Gasteiger charge is 1.98. The maximum absolute atomic E-state index is 9.25. The minimum absolute atomic E-state index is 0.263. The van der Waals surface area contributed by atoms with Gasteiger partial charge < -0.3 is 16.2 Å². The van der Waals surface area contributed by atoms with Gasteiger partial charge in [0, 0.05) is 17.1 Å². The number of hydrogen-bond donors (Lipinski definition) is 3. The average molecular weight is 250 g/mol. The minimum atomic E-state index is 0.263. The van der Waals surface area contributed by atoms with Crippen LogP contribution in [0, 0.1) is 0 Å². The van der Waals surface area contributed by atoms with Crippen molar-refractivity contribution >= 4 is 27.8 Å². The van der Waals surface area contributed by atoms with Crippen molar-refractivity contribution in [2.45, 2.75) is 0 Å². The molecule has 3 nitrogen and oxygen atoms in total. The summed E-state index contributed by atoms with van der Waals surface area (Å²) in [6.07, 6.45) is 0. The molecule has 0 spiro atoms. The van der Waals surface area contributed by atoms with E-state index in [1.54, 1.807) is 12.1 Å². The summed E-state index contributed by atoms with van der Waals surface area (Å²) >= 11 is 0. The number of aromatic hydroxyl groups is 1. The summed E-state index contributed by atoms with van der Waals surface area (Å²) in [6, 6.07) is 19.0. The van der Waals surface area contributed by atoms with Gasteiger partial charge in [-0.05, 0) is 59.3 Å². The zero-order valence-corrected chi connectivity index (χ0v) is 10.3. The van der Waals surface area contributed by atoms with E-state index in [0.717, 1.165) is 27.8 Å². The standard InChI is InChI=1S/C16H14N2O/c17-13-3-1-12-10-15(4-2-11(12)9-13)18-14-5-7-16(19)8-6-14/h1-10,18-19H,17H2. The molecule has 19 heavy (non-hydrogen) atoms. The highest BCUT2D eigenvalue weighted by molar-refractivity contribution is 5.88. The maximum Gasteiger partial charge on any atom is 0.115 e. The van der Waals surface area contributed by atoms with Gasteiger partial charge in [-0.2, -0.15) is 0 Å². The monoisotopic (exact) mass is 250 g/mol. The number of fused-ring (bicyclic) bond motifs is 1. The van der Waals surface area contributed by atoms with Crippen LogP contribution in [0.3, 0.4) is 0 Å². The smallest absolute Gasteiger partial charge is 0.115 e. The molecule has 0 heterocycles. The minimum Gasteiger partial charge on any atom is -0.508 e. The SMILES string of the molecule is Nc1ccc2cc(Nc3ccc(O)cc3)ccc2c1. The number of rotatable bonds is 2. The highest BCUT2D eigenvalue weighted by atomic mass is 16.3. The normalized spacial score (nSPS) is 10.5. The van der Waals surface area contributed by atoms with Crippen LogP contribution in [0.4, 0.5) is 17.1 Å². The summed E-state index contributed by atoms with van der Waals surface area (Å²) in [5, 5.41) is 14.8. The Morgan fingerprint density at radius 2 is 1.37 bits per heavy atom. The number of nitrogens with two attached hydrogens (primary N) is 1. The third kappa shape index (κ3) is 2.45. The fraction of sp³-hybridized carbons (Fsp3) is 0. The Morgan fingerprint density at radius 3 is 2.16 bits per heavy atom.